The second kappa shape index (κ2) is 10.3. The molecule has 3 amide bonds. The number of hydrogen-bond acceptors (Lipinski definition) is 3. The standard InChI is InChI=1S/C25H34N4O2/c1-18-15-19(2)24(20(3)16-18)27-23(30)17-28(4)25(31)26-21-11-7-8-12-22(21)29-13-9-5-6-10-14-29/h7-8,11-12,15-16H,5-6,9-10,13-14,17H2,1-4H3,(H,26,31)(H,27,30). The highest BCUT2D eigenvalue weighted by Gasteiger charge is 2.18. The molecule has 0 unspecified atom stereocenters. The van der Waals surface area contributed by atoms with Gasteiger partial charge in [0.2, 0.25) is 5.91 Å². The van der Waals surface area contributed by atoms with Crippen molar-refractivity contribution in [3.8, 4) is 0 Å². The highest BCUT2D eigenvalue weighted by molar-refractivity contribution is 5.98. The summed E-state index contributed by atoms with van der Waals surface area (Å²) in [5, 5.41) is 5.95. The molecule has 2 aromatic rings. The van der Waals surface area contributed by atoms with Crippen LogP contribution in [-0.4, -0.2) is 43.5 Å². The lowest BCUT2D eigenvalue weighted by Gasteiger charge is -2.26. The molecule has 166 valence electrons. The summed E-state index contributed by atoms with van der Waals surface area (Å²) in [4.78, 5) is 29.1. The predicted octanol–water partition coefficient (Wildman–Crippen LogP) is 5.09. The molecule has 1 fully saturated rings. The second-order valence-electron chi connectivity index (χ2n) is 8.53. The van der Waals surface area contributed by atoms with Crippen molar-refractivity contribution in [2.45, 2.75) is 46.5 Å². The van der Waals surface area contributed by atoms with E-state index >= 15 is 0 Å². The number of carbonyl (C=O) groups excluding carboxylic acids is 2. The molecule has 1 aliphatic heterocycles. The molecule has 2 N–H and O–H groups in total. The molecule has 0 aromatic heterocycles. The number of hydrogen-bond donors (Lipinski definition) is 2. The van der Waals surface area contributed by atoms with Crippen LogP contribution in [0.15, 0.2) is 36.4 Å². The van der Waals surface area contributed by atoms with E-state index in [1.807, 2.05) is 51.1 Å². The van der Waals surface area contributed by atoms with Gasteiger partial charge in [-0.2, -0.15) is 0 Å². The number of carbonyl (C=O) groups is 2. The average Bonchev–Trinajstić information content (AvgIpc) is 3.00. The number of nitrogens with one attached hydrogen (secondary N) is 2. The third kappa shape index (κ3) is 6.00. The number of anilines is 3. The Hall–Kier alpha value is -3.02. The van der Waals surface area contributed by atoms with Crippen LogP contribution in [0.3, 0.4) is 0 Å². The Morgan fingerprint density at radius 2 is 1.55 bits per heavy atom. The molecule has 6 heteroatoms. The maximum absolute atomic E-state index is 12.8. The van der Waals surface area contributed by atoms with E-state index in [0.717, 1.165) is 46.8 Å². The summed E-state index contributed by atoms with van der Waals surface area (Å²) in [6.45, 7) is 7.97. The molecule has 1 aliphatic rings. The minimum absolute atomic E-state index is 0.0233. The zero-order valence-corrected chi connectivity index (χ0v) is 19.1. The number of nitrogens with zero attached hydrogens (tertiary/aromatic N) is 2. The van der Waals surface area contributed by atoms with Crippen LogP contribution in [0.4, 0.5) is 21.9 Å². The molecule has 0 radical (unpaired) electrons. The third-order valence-electron chi connectivity index (χ3n) is 5.76. The van der Waals surface area contributed by atoms with Gasteiger partial charge < -0.3 is 20.4 Å². The Kier molecular flexibility index (Phi) is 7.55. The van der Waals surface area contributed by atoms with Gasteiger partial charge in [0.25, 0.3) is 0 Å². The van der Waals surface area contributed by atoms with E-state index in [1.165, 1.54) is 30.6 Å². The van der Waals surface area contributed by atoms with Crippen molar-refractivity contribution in [1.29, 1.82) is 0 Å². The van der Waals surface area contributed by atoms with Crippen LogP contribution < -0.4 is 15.5 Å². The summed E-state index contributed by atoms with van der Waals surface area (Å²) in [5.74, 6) is -0.214. The van der Waals surface area contributed by atoms with Crippen molar-refractivity contribution < 1.29 is 9.59 Å². The van der Waals surface area contributed by atoms with E-state index in [1.54, 1.807) is 7.05 Å². The highest BCUT2D eigenvalue weighted by Crippen LogP contribution is 2.28. The number of urea groups is 1. The molecule has 1 saturated heterocycles. The van der Waals surface area contributed by atoms with Gasteiger partial charge in [-0.3, -0.25) is 4.79 Å². The summed E-state index contributed by atoms with van der Waals surface area (Å²) in [7, 11) is 1.64. The van der Waals surface area contributed by atoms with Crippen molar-refractivity contribution >= 4 is 29.0 Å². The maximum atomic E-state index is 12.8. The van der Waals surface area contributed by atoms with Crippen molar-refractivity contribution in [3.63, 3.8) is 0 Å². The summed E-state index contributed by atoms with van der Waals surface area (Å²) in [5.41, 5.74) is 5.84. The molecule has 0 bridgehead atoms. The number of benzene rings is 2. The molecular formula is C25H34N4O2. The Labute approximate surface area is 185 Å². The highest BCUT2D eigenvalue weighted by atomic mass is 16.2. The molecule has 0 aliphatic carbocycles. The van der Waals surface area contributed by atoms with Crippen LogP contribution in [-0.2, 0) is 4.79 Å². The normalized spacial score (nSPS) is 14.0. The number of aryl methyl sites for hydroxylation is 3. The molecule has 0 spiro atoms. The van der Waals surface area contributed by atoms with Crippen molar-refractivity contribution in [2.75, 3.05) is 42.2 Å². The molecule has 0 saturated carbocycles. The topological polar surface area (TPSA) is 64.7 Å². The lowest BCUT2D eigenvalue weighted by molar-refractivity contribution is -0.116. The molecule has 1 heterocycles. The van der Waals surface area contributed by atoms with Gasteiger partial charge in [0, 0.05) is 25.8 Å². The second-order valence-corrected chi connectivity index (χ2v) is 8.53. The monoisotopic (exact) mass is 422 g/mol. The fraction of sp³-hybridized carbons (Fsp3) is 0.440. The lowest BCUT2D eigenvalue weighted by Crippen LogP contribution is -2.38. The molecule has 2 aromatic carbocycles. The van der Waals surface area contributed by atoms with E-state index in [-0.39, 0.29) is 18.5 Å². The molecular weight excluding hydrogens is 388 g/mol. The Bertz CT molecular complexity index is 910. The van der Waals surface area contributed by atoms with Crippen molar-refractivity contribution in [1.82, 2.24) is 4.90 Å². The van der Waals surface area contributed by atoms with Crippen LogP contribution >= 0.6 is 0 Å². The van der Waals surface area contributed by atoms with Gasteiger partial charge >= 0.3 is 6.03 Å². The Morgan fingerprint density at radius 3 is 2.19 bits per heavy atom. The summed E-state index contributed by atoms with van der Waals surface area (Å²) >= 11 is 0. The van der Waals surface area contributed by atoms with Gasteiger partial charge in [-0.25, -0.2) is 4.79 Å². The number of amides is 3. The summed E-state index contributed by atoms with van der Waals surface area (Å²) in [6, 6.07) is 11.7. The fourth-order valence-electron chi connectivity index (χ4n) is 4.22. The smallest absolute Gasteiger partial charge is 0.322 e. The zero-order chi connectivity index (χ0) is 22.4. The Morgan fingerprint density at radius 1 is 0.935 bits per heavy atom. The number of rotatable bonds is 5. The minimum Gasteiger partial charge on any atom is -0.370 e. The molecule has 6 nitrogen and oxygen atoms in total. The summed E-state index contributed by atoms with van der Waals surface area (Å²) in [6.07, 6.45) is 4.84. The van der Waals surface area contributed by atoms with E-state index in [9.17, 15) is 9.59 Å². The SMILES string of the molecule is Cc1cc(C)c(NC(=O)CN(C)C(=O)Nc2ccccc2N2CCCCCC2)c(C)c1. The first-order valence-corrected chi connectivity index (χ1v) is 11.1. The van der Waals surface area contributed by atoms with Crippen LogP contribution in [0.5, 0.6) is 0 Å². The lowest BCUT2D eigenvalue weighted by atomic mass is 10.1. The minimum atomic E-state index is -0.297. The summed E-state index contributed by atoms with van der Waals surface area (Å²) < 4.78 is 0. The average molecular weight is 423 g/mol. The van der Waals surface area contributed by atoms with E-state index in [0.29, 0.717) is 0 Å². The van der Waals surface area contributed by atoms with Crippen molar-refractivity contribution in [2.24, 2.45) is 0 Å². The first kappa shape index (κ1) is 22.7. The van der Waals surface area contributed by atoms with Gasteiger partial charge in [-0.15, -0.1) is 0 Å². The number of para-hydroxylation sites is 2. The van der Waals surface area contributed by atoms with Crippen LogP contribution in [0.1, 0.15) is 42.4 Å². The first-order valence-electron chi connectivity index (χ1n) is 11.1. The zero-order valence-electron chi connectivity index (χ0n) is 19.1. The van der Waals surface area contributed by atoms with E-state index < -0.39 is 0 Å². The van der Waals surface area contributed by atoms with Crippen LogP contribution in [0.2, 0.25) is 0 Å². The van der Waals surface area contributed by atoms with Gasteiger partial charge in [-0.1, -0.05) is 42.7 Å². The van der Waals surface area contributed by atoms with Gasteiger partial charge in [0.1, 0.15) is 6.54 Å². The maximum Gasteiger partial charge on any atom is 0.322 e. The van der Waals surface area contributed by atoms with Crippen LogP contribution in [0, 0.1) is 20.8 Å². The van der Waals surface area contributed by atoms with Gasteiger partial charge in [-0.05, 0) is 56.9 Å². The molecule has 0 atom stereocenters. The van der Waals surface area contributed by atoms with Gasteiger partial charge in [0.05, 0.1) is 11.4 Å². The van der Waals surface area contributed by atoms with Crippen molar-refractivity contribution in [3.05, 3.63) is 53.1 Å². The molecule has 31 heavy (non-hydrogen) atoms. The predicted molar refractivity (Wildman–Crippen MR) is 128 cm³/mol. The Balaban J connectivity index is 1.63. The quantitative estimate of drug-likeness (QED) is 0.705. The largest absolute Gasteiger partial charge is 0.370 e. The van der Waals surface area contributed by atoms with E-state index in [4.69, 9.17) is 0 Å². The van der Waals surface area contributed by atoms with E-state index in [2.05, 4.69) is 21.6 Å². The van der Waals surface area contributed by atoms with Crippen LogP contribution in [0.25, 0.3) is 0 Å². The molecule has 3 rings (SSSR count). The fourth-order valence-corrected chi connectivity index (χ4v) is 4.22. The first-order chi connectivity index (χ1) is 14.8. The van der Waals surface area contributed by atoms with Gasteiger partial charge in [0.15, 0.2) is 0 Å². The number of likely N-dealkylation sites (N-methyl/N-ethyl adjacent to an activating group) is 1. The third-order valence-corrected chi connectivity index (χ3v) is 5.76.